The molecule has 0 saturated heterocycles. The highest BCUT2D eigenvalue weighted by Gasteiger charge is 2.18. The number of thioether (sulfide) groups is 1. The molecule has 0 fully saturated rings. The predicted octanol–water partition coefficient (Wildman–Crippen LogP) is 5.49. The van der Waals surface area contributed by atoms with Crippen molar-refractivity contribution in [2.24, 2.45) is 0 Å². The highest BCUT2D eigenvalue weighted by molar-refractivity contribution is 7.98. The van der Waals surface area contributed by atoms with Gasteiger partial charge in [-0.1, -0.05) is 49.0 Å². The molecular weight excluding hydrogens is 410 g/mol. The number of hydrogen-bond donors (Lipinski definition) is 0. The fraction of sp³-hybridized carbons (Fsp3) is 0.125. The molecule has 2 aromatic carbocycles. The van der Waals surface area contributed by atoms with E-state index in [1.54, 1.807) is 12.3 Å². The molecule has 0 unspecified atom stereocenters. The van der Waals surface area contributed by atoms with E-state index in [0.29, 0.717) is 28.1 Å². The zero-order valence-corrected chi connectivity index (χ0v) is 17.6. The lowest BCUT2D eigenvalue weighted by Crippen LogP contribution is -2.02. The zero-order chi connectivity index (χ0) is 21.2. The van der Waals surface area contributed by atoms with Crippen LogP contribution in [0, 0.1) is 0 Å². The lowest BCUT2D eigenvalue weighted by Gasteiger charge is -2.10. The molecule has 154 valence electrons. The van der Waals surface area contributed by atoms with Crippen LogP contribution in [-0.2, 0) is 12.2 Å². The standard InChI is InChI=1S/C24H19N3O3S/c1-2-16-10-11-19-17(14-22(28)30-21(19)13-16)15-31-24-26-25-23(20-9-6-12-29-20)27(24)18-7-4-3-5-8-18/h3-14H,2,15H2,1H3. The Hall–Kier alpha value is -3.58. The molecule has 0 spiro atoms. The number of rotatable bonds is 6. The first-order chi connectivity index (χ1) is 15.2. The van der Waals surface area contributed by atoms with Crippen molar-refractivity contribution >= 4 is 22.7 Å². The summed E-state index contributed by atoms with van der Waals surface area (Å²) in [6.07, 6.45) is 2.50. The van der Waals surface area contributed by atoms with Gasteiger partial charge in [-0.3, -0.25) is 4.57 Å². The van der Waals surface area contributed by atoms with E-state index in [0.717, 1.165) is 28.6 Å². The molecule has 0 atom stereocenters. The second-order valence-electron chi connectivity index (χ2n) is 7.02. The van der Waals surface area contributed by atoms with E-state index in [1.165, 1.54) is 11.8 Å². The van der Waals surface area contributed by atoms with Crippen LogP contribution in [0.15, 0.2) is 91.8 Å². The van der Waals surface area contributed by atoms with E-state index in [-0.39, 0.29) is 5.63 Å². The Kier molecular flexibility index (Phi) is 5.18. The first-order valence-electron chi connectivity index (χ1n) is 9.96. The lowest BCUT2D eigenvalue weighted by molar-refractivity contribution is 0.559. The smallest absolute Gasteiger partial charge is 0.336 e. The maximum absolute atomic E-state index is 12.1. The minimum atomic E-state index is -0.350. The molecule has 0 aliphatic heterocycles. The number of hydrogen-bond acceptors (Lipinski definition) is 6. The first-order valence-corrected chi connectivity index (χ1v) is 10.9. The maximum Gasteiger partial charge on any atom is 0.336 e. The van der Waals surface area contributed by atoms with Crippen LogP contribution in [0.1, 0.15) is 18.1 Å². The van der Waals surface area contributed by atoms with E-state index in [1.807, 2.05) is 59.2 Å². The van der Waals surface area contributed by atoms with Crippen molar-refractivity contribution in [1.82, 2.24) is 14.8 Å². The van der Waals surface area contributed by atoms with Crippen LogP contribution in [0.4, 0.5) is 0 Å². The van der Waals surface area contributed by atoms with Crippen LogP contribution in [0.3, 0.4) is 0 Å². The number of aryl methyl sites for hydroxylation is 1. The summed E-state index contributed by atoms with van der Waals surface area (Å²) in [6, 6.07) is 21.2. The molecule has 0 bridgehead atoms. The van der Waals surface area contributed by atoms with Crippen LogP contribution in [0.2, 0.25) is 0 Å². The Morgan fingerprint density at radius 1 is 1.00 bits per heavy atom. The van der Waals surface area contributed by atoms with Crippen molar-refractivity contribution in [3.8, 4) is 17.3 Å². The summed E-state index contributed by atoms with van der Waals surface area (Å²) in [4.78, 5) is 12.1. The number of para-hydroxylation sites is 1. The molecule has 7 heteroatoms. The third kappa shape index (κ3) is 3.80. The fourth-order valence-electron chi connectivity index (χ4n) is 3.49. The van der Waals surface area contributed by atoms with Crippen LogP contribution < -0.4 is 5.63 Å². The molecule has 31 heavy (non-hydrogen) atoms. The Labute approximate surface area is 182 Å². The summed E-state index contributed by atoms with van der Waals surface area (Å²) < 4.78 is 13.0. The van der Waals surface area contributed by atoms with Crippen LogP contribution in [-0.4, -0.2) is 14.8 Å². The van der Waals surface area contributed by atoms with Gasteiger partial charge >= 0.3 is 5.63 Å². The second-order valence-corrected chi connectivity index (χ2v) is 7.96. The van der Waals surface area contributed by atoms with Gasteiger partial charge in [0.15, 0.2) is 10.9 Å². The normalized spacial score (nSPS) is 11.3. The molecule has 0 saturated carbocycles. The van der Waals surface area contributed by atoms with Gasteiger partial charge in [0.05, 0.1) is 6.26 Å². The topological polar surface area (TPSA) is 74.1 Å². The van der Waals surface area contributed by atoms with Gasteiger partial charge < -0.3 is 8.83 Å². The first kappa shape index (κ1) is 19.4. The van der Waals surface area contributed by atoms with Crippen molar-refractivity contribution in [2.75, 3.05) is 0 Å². The Bertz CT molecular complexity index is 1390. The summed E-state index contributed by atoms with van der Waals surface area (Å²) in [7, 11) is 0. The number of aromatic nitrogens is 3. The van der Waals surface area contributed by atoms with Gasteiger partial charge in [0.1, 0.15) is 5.58 Å². The van der Waals surface area contributed by atoms with Crippen molar-refractivity contribution in [1.29, 1.82) is 0 Å². The summed E-state index contributed by atoms with van der Waals surface area (Å²) in [5.74, 6) is 1.82. The SMILES string of the molecule is CCc1ccc2c(CSc3nnc(-c4ccco4)n3-c3ccccc3)cc(=O)oc2c1. The minimum Gasteiger partial charge on any atom is -0.461 e. The van der Waals surface area contributed by atoms with Gasteiger partial charge in [-0.15, -0.1) is 10.2 Å². The van der Waals surface area contributed by atoms with Gasteiger partial charge in [-0.2, -0.15) is 0 Å². The Balaban J connectivity index is 1.54. The van der Waals surface area contributed by atoms with Crippen molar-refractivity contribution in [3.63, 3.8) is 0 Å². The number of furan rings is 1. The largest absolute Gasteiger partial charge is 0.461 e. The molecule has 3 heterocycles. The molecule has 0 amide bonds. The summed E-state index contributed by atoms with van der Waals surface area (Å²) in [6.45, 7) is 2.08. The minimum absolute atomic E-state index is 0.350. The molecule has 5 rings (SSSR count). The van der Waals surface area contributed by atoms with Gasteiger partial charge in [-0.05, 0) is 47.9 Å². The van der Waals surface area contributed by atoms with Crippen molar-refractivity contribution in [3.05, 3.63) is 94.5 Å². The second kappa shape index (κ2) is 8.28. The van der Waals surface area contributed by atoms with Crippen molar-refractivity contribution in [2.45, 2.75) is 24.3 Å². The van der Waals surface area contributed by atoms with E-state index in [4.69, 9.17) is 8.83 Å². The molecule has 0 aliphatic carbocycles. The number of fused-ring (bicyclic) bond motifs is 1. The van der Waals surface area contributed by atoms with E-state index < -0.39 is 0 Å². The Morgan fingerprint density at radius 2 is 1.87 bits per heavy atom. The molecule has 0 N–H and O–H groups in total. The maximum atomic E-state index is 12.1. The molecule has 3 aromatic heterocycles. The molecular formula is C24H19N3O3S. The summed E-state index contributed by atoms with van der Waals surface area (Å²) in [5.41, 5.74) is 3.24. The predicted molar refractivity (Wildman–Crippen MR) is 120 cm³/mol. The molecule has 6 nitrogen and oxygen atoms in total. The molecule has 5 aromatic rings. The molecule has 0 radical (unpaired) electrons. The summed E-state index contributed by atoms with van der Waals surface area (Å²) >= 11 is 1.51. The highest BCUT2D eigenvalue weighted by Crippen LogP contribution is 2.31. The van der Waals surface area contributed by atoms with Gasteiger partial charge in [0.25, 0.3) is 0 Å². The van der Waals surface area contributed by atoms with Gasteiger partial charge in [0.2, 0.25) is 5.82 Å². The van der Waals surface area contributed by atoms with Crippen LogP contribution in [0.25, 0.3) is 28.2 Å². The molecule has 0 aliphatic rings. The third-order valence-electron chi connectivity index (χ3n) is 5.05. The number of benzene rings is 2. The van der Waals surface area contributed by atoms with E-state index >= 15 is 0 Å². The van der Waals surface area contributed by atoms with Gasteiger partial charge in [-0.25, -0.2) is 4.79 Å². The lowest BCUT2D eigenvalue weighted by atomic mass is 10.1. The zero-order valence-electron chi connectivity index (χ0n) is 16.8. The quantitative estimate of drug-likeness (QED) is 0.263. The third-order valence-corrected chi connectivity index (χ3v) is 6.03. The van der Waals surface area contributed by atoms with E-state index in [2.05, 4.69) is 23.2 Å². The Morgan fingerprint density at radius 3 is 2.65 bits per heavy atom. The fourth-order valence-corrected chi connectivity index (χ4v) is 4.44. The number of nitrogens with zero attached hydrogens (tertiary/aromatic N) is 3. The average Bonchev–Trinajstić information content (AvgIpc) is 3.47. The highest BCUT2D eigenvalue weighted by atomic mass is 32.2. The van der Waals surface area contributed by atoms with Gasteiger partial charge in [0, 0.05) is 22.9 Å². The average molecular weight is 430 g/mol. The van der Waals surface area contributed by atoms with Crippen LogP contribution >= 0.6 is 11.8 Å². The van der Waals surface area contributed by atoms with Crippen LogP contribution in [0.5, 0.6) is 0 Å². The van der Waals surface area contributed by atoms with Crippen molar-refractivity contribution < 1.29 is 8.83 Å². The summed E-state index contributed by atoms with van der Waals surface area (Å²) in [5, 5.41) is 10.4. The monoisotopic (exact) mass is 429 g/mol. The van der Waals surface area contributed by atoms with E-state index in [9.17, 15) is 4.79 Å².